The van der Waals surface area contributed by atoms with Gasteiger partial charge in [-0.3, -0.25) is 9.59 Å². The number of esters is 2. The van der Waals surface area contributed by atoms with Gasteiger partial charge in [0.2, 0.25) is 0 Å². The fourth-order valence-corrected chi connectivity index (χ4v) is 6.47. The average molecular weight is 389 g/mol. The minimum Gasteiger partial charge on any atom is -0.469 e. The maximum absolute atomic E-state index is 11.9. The van der Waals surface area contributed by atoms with E-state index >= 15 is 0 Å². The number of hydrogen-bond acceptors (Lipinski definition) is 4. The normalized spacial score (nSPS) is 36.4. The van der Waals surface area contributed by atoms with E-state index in [-0.39, 0.29) is 11.8 Å². The maximum atomic E-state index is 11.9. The van der Waals surface area contributed by atoms with Crippen molar-refractivity contribution in [2.75, 3.05) is 13.7 Å². The van der Waals surface area contributed by atoms with Crippen molar-refractivity contribution in [2.24, 2.45) is 28.1 Å². The quantitative estimate of drug-likeness (QED) is 0.368. The lowest BCUT2D eigenvalue weighted by molar-refractivity contribution is -0.155. The molecule has 0 radical (unpaired) electrons. The number of hydrogen-bond donors (Lipinski definition) is 0. The van der Waals surface area contributed by atoms with Crippen LogP contribution in [-0.2, 0) is 19.1 Å². The molecule has 2 saturated carbocycles. The van der Waals surface area contributed by atoms with E-state index in [1.54, 1.807) is 0 Å². The third-order valence-corrected chi connectivity index (χ3v) is 8.09. The molecule has 2 fully saturated rings. The molecule has 0 amide bonds. The molecule has 3 aliphatic rings. The minimum absolute atomic E-state index is 0.221. The summed E-state index contributed by atoms with van der Waals surface area (Å²) in [7, 11) is 1.28. The Balaban J connectivity index is 1.72. The Labute approximate surface area is 169 Å². The Hall–Kier alpha value is -1.58. The predicted octanol–water partition coefficient (Wildman–Crippen LogP) is 5.23. The van der Waals surface area contributed by atoms with Gasteiger partial charge in [0.15, 0.2) is 0 Å². The Kier molecular flexibility index (Phi) is 5.80. The lowest BCUT2D eigenvalue weighted by atomic mass is 9.46. The zero-order chi connectivity index (χ0) is 20.6. The Morgan fingerprint density at radius 3 is 2.64 bits per heavy atom. The zero-order valence-corrected chi connectivity index (χ0v) is 18.0. The third kappa shape index (κ3) is 3.79. The van der Waals surface area contributed by atoms with Gasteiger partial charge in [-0.25, -0.2) is 0 Å². The van der Waals surface area contributed by atoms with E-state index in [0.717, 1.165) is 31.6 Å². The molecular formula is C24H36O4. The summed E-state index contributed by atoms with van der Waals surface area (Å²) >= 11 is 0. The third-order valence-electron chi connectivity index (χ3n) is 8.09. The highest BCUT2D eigenvalue weighted by Crippen LogP contribution is 2.63. The second-order valence-electron chi connectivity index (χ2n) is 10.2. The van der Waals surface area contributed by atoms with Crippen LogP contribution >= 0.6 is 0 Å². The molecule has 4 atom stereocenters. The number of allylic oxidation sites excluding steroid dienone is 2. The minimum atomic E-state index is -0.560. The molecule has 156 valence electrons. The summed E-state index contributed by atoms with van der Waals surface area (Å²) in [6, 6.07) is 0. The average Bonchev–Trinajstić information content (AvgIpc) is 2.65. The molecule has 3 aliphatic carbocycles. The van der Waals surface area contributed by atoms with Gasteiger partial charge in [-0.1, -0.05) is 44.9 Å². The predicted molar refractivity (Wildman–Crippen MR) is 109 cm³/mol. The first-order chi connectivity index (χ1) is 13.2. The van der Waals surface area contributed by atoms with Crippen LogP contribution in [0.15, 0.2) is 24.3 Å². The summed E-state index contributed by atoms with van der Waals surface area (Å²) in [5.41, 5.74) is 2.10. The van der Waals surface area contributed by atoms with Crippen LogP contribution in [0.5, 0.6) is 0 Å². The summed E-state index contributed by atoms with van der Waals surface area (Å²) in [6.45, 7) is 11.8. The van der Waals surface area contributed by atoms with Crippen molar-refractivity contribution in [1.29, 1.82) is 0 Å². The van der Waals surface area contributed by atoms with Gasteiger partial charge < -0.3 is 9.47 Å². The fourth-order valence-electron chi connectivity index (χ4n) is 6.47. The lowest BCUT2D eigenvalue weighted by Gasteiger charge is -2.59. The Morgan fingerprint density at radius 2 is 1.96 bits per heavy atom. The summed E-state index contributed by atoms with van der Waals surface area (Å²) in [6.07, 6.45) is 12.3. The molecular weight excluding hydrogens is 352 g/mol. The second kappa shape index (κ2) is 7.68. The molecule has 0 bridgehead atoms. The van der Waals surface area contributed by atoms with Crippen LogP contribution in [0.25, 0.3) is 0 Å². The van der Waals surface area contributed by atoms with Crippen LogP contribution in [0, 0.1) is 28.1 Å². The molecule has 0 aliphatic heterocycles. The first kappa shape index (κ1) is 21.1. The summed E-state index contributed by atoms with van der Waals surface area (Å²) in [4.78, 5) is 23.2. The number of carbonyl (C=O) groups excluding carboxylic acids is 2. The van der Waals surface area contributed by atoms with E-state index in [4.69, 9.17) is 4.74 Å². The number of methoxy groups -OCH3 is 1. The van der Waals surface area contributed by atoms with Crippen molar-refractivity contribution < 1.29 is 19.1 Å². The van der Waals surface area contributed by atoms with E-state index in [1.807, 2.05) is 6.08 Å². The SMILES string of the molecule is C=CC1(COC(=O)CC(=O)OC)CCC2C(=CCC3C(C)(C)CCCC23C)C1. The highest BCUT2D eigenvalue weighted by Gasteiger charge is 2.54. The number of ether oxygens (including phenoxy) is 2. The molecule has 3 rings (SSSR count). The fraction of sp³-hybridized carbons (Fsp3) is 0.750. The zero-order valence-electron chi connectivity index (χ0n) is 18.0. The van der Waals surface area contributed by atoms with E-state index in [1.165, 1.54) is 31.9 Å². The van der Waals surface area contributed by atoms with Crippen molar-refractivity contribution in [3.8, 4) is 0 Å². The van der Waals surface area contributed by atoms with Gasteiger partial charge in [-0.05, 0) is 61.2 Å². The van der Waals surface area contributed by atoms with Crippen molar-refractivity contribution >= 4 is 11.9 Å². The molecule has 0 aromatic heterocycles. The smallest absolute Gasteiger partial charge is 0.317 e. The molecule has 0 N–H and O–H groups in total. The van der Waals surface area contributed by atoms with Gasteiger partial charge in [-0.15, -0.1) is 6.58 Å². The maximum Gasteiger partial charge on any atom is 0.317 e. The molecule has 0 saturated heterocycles. The van der Waals surface area contributed by atoms with Gasteiger partial charge in [-0.2, -0.15) is 0 Å². The molecule has 0 heterocycles. The monoisotopic (exact) mass is 388 g/mol. The first-order valence-corrected chi connectivity index (χ1v) is 10.7. The molecule has 4 heteroatoms. The molecule has 4 unspecified atom stereocenters. The van der Waals surface area contributed by atoms with Crippen molar-refractivity contribution in [2.45, 2.75) is 72.1 Å². The van der Waals surface area contributed by atoms with Crippen LogP contribution in [0.2, 0.25) is 0 Å². The van der Waals surface area contributed by atoms with Crippen molar-refractivity contribution in [3.63, 3.8) is 0 Å². The Bertz CT molecular complexity index is 676. The summed E-state index contributed by atoms with van der Waals surface area (Å²) in [5, 5.41) is 0. The van der Waals surface area contributed by atoms with Gasteiger partial charge in [0.05, 0.1) is 7.11 Å². The van der Waals surface area contributed by atoms with E-state index < -0.39 is 11.9 Å². The van der Waals surface area contributed by atoms with E-state index in [0.29, 0.717) is 23.4 Å². The largest absolute Gasteiger partial charge is 0.469 e. The van der Waals surface area contributed by atoms with Crippen LogP contribution in [0.1, 0.15) is 72.1 Å². The van der Waals surface area contributed by atoms with Gasteiger partial charge in [0, 0.05) is 5.41 Å². The van der Waals surface area contributed by atoms with Gasteiger partial charge in [0.1, 0.15) is 13.0 Å². The van der Waals surface area contributed by atoms with Gasteiger partial charge >= 0.3 is 11.9 Å². The van der Waals surface area contributed by atoms with Crippen LogP contribution in [0.3, 0.4) is 0 Å². The highest BCUT2D eigenvalue weighted by atomic mass is 16.5. The van der Waals surface area contributed by atoms with Crippen molar-refractivity contribution in [1.82, 2.24) is 0 Å². The molecule has 0 spiro atoms. The number of fused-ring (bicyclic) bond motifs is 3. The van der Waals surface area contributed by atoms with Crippen LogP contribution in [0.4, 0.5) is 0 Å². The number of carbonyl (C=O) groups is 2. The molecule has 0 aromatic rings. The molecule has 0 aromatic carbocycles. The summed E-state index contributed by atoms with van der Waals surface area (Å²) < 4.78 is 10.00. The van der Waals surface area contributed by atoms with Crippen molar-refractivity contribution in [3.05, 3.63) is 24.3 Å². The van der Waals surface area contributed by atoms with Crippen LogP contribution < -0.4 is 0 Å². The van der Waals surface area contributed by atoms with Crippen LogP contribution in [-0.4, -0.2) is 25.7 Å². The van der Waals surface area contributed by atoms with E-state index in [9.17, 15) is 9.59 Å². The standard InChI is InChI=1S/C24H36O4/c1-6-24(16-28-21(26)14-20(25)27-5)13-10-18-17(15-24)8-9-19-22(2,3)11-7-12-23(18,19)4/h6,8,18-19H,1,7,9-16H2,2-5H3. The lowest BCUT2D eigenvalue weighted by Crippen LogP contribution is -2.50. The molecule has 4 nitrogen and oxygen atoms in total. The van der Waals surface area contributed by atoms with Gasteiger partial charge in [0.25, 0.3) is 0 Å². The molecule has 28 heavy (non-hydrogen) atoms. The first-order valence-electron chi connectivity index (χ1n) is 10.7. The topological polar surface area (TPSA) is 52.6 Å². The Morgan fingerprint density at radius 1 is 1.21 bits per heavy atom. The number of rotatable bonds is 5. The second-order valence-corrected chi connectivity index (χ2v) is 10.2. The van der Waals surface area contributed by atoms with E-state index in [2.05, 4.69) is 38.2 Å². The summed E-state index contributed by atoms with van der Waals surface area (Å²) in [5.74, 6) is 0.297. The highest BCUT2D eigenvalue weighted by molar-refractivity contribution is 5.91.